The maximum absolute atomic E-state index is 8.86. The van der Waals surface area contributed by atoms with Gasteiger partial charge in [0.05, 0.1) is 17.7 Å². The summed E-state index contributed by atoms with van der Waals surface area (Å²) in [6, 6.07) is 20.1. The Hall–Kier alpha value is -2.15. The van der Waals surface area contributed by atoms with E-state index in [1.54, 1.807) is 0 Å². The van der Waals surface area contributed by atoms with Crippen molar-refractivity contribution in [2.24, 2.45) is 0 Å². The maximum atomic E-state index is 8.86. The van der Waals surface area contributed by atoms with Gasteiger partial charge in [0.25, 0.3) is 0 Å². The second-order valence-electron chi connectivity index (χ2n) is 5.27. The van der Waals surface area contributed by atoms with Crippen LogP contribution in [-0.2, 0) is 11.3 Å². The highest BCUT2D eigenvalue weighted by molar-refractivity contribution is 5.32. The third kappa shape index (κ3) is 5.33. The number of nitriles is 1. The van der Waals surface area contributed by atoms with Crippen LogP contribution in [0.1, 0.15) is 36.1 Å². The fourth-order valence-corrected chi connectivity index (χ4v) is 2.26. The zero-order valence-electron chi connectivity index (χ0n) is 13.0. The fraction of sp³-hybridized carbons (Fsp3) is 0.316. The quantitative estimate of drug-likeness (QED) is 0.753. The van der Waals surface area contributed by atoms with Crippen molar-refractivity contribution >= 4 is 0 Å². The molecule has 0 radical (unpaired) electrons. The highest BCUT2D eigenvalue weighted by atomic mass is 16.5. The summed E-state index contributed by atoms with van der Waals surface area (Å²) in [6.07, 6.45) is 1.10. The van der Waals surface area contributed by atoms with Crippen LogP contribution in [0.4, 0.5) is 0 Å². The van der Waals surface area contributed by atoms with Crippen molar-refractivity contribution in [1.29, 1.82) is 5.26 Å². The minimum absolute atomic E-state index is 0.133. The van der Waals surface area contributed by atoms with E-state index in [2.05, 4.69) is 30.4 Å². The number of benzene rings is 2. The van der Waals surface area contributed by atoms with Gasteiger partial charge in [0.15, 0.2) is 0 Å². The largest absolute Gasteiger partial charge is 0.374 e. The SMILES string of the molecule is CC(OCCCNCc1cccc(C#N)c1)c1ccccc1. The molecule has 0 aliphatic heterocycles. The third-order valence-corrected chi connectivity index (χ3v) is 3.52. The van der Waals surface area contributed by atoms with Crippen LogP contribution in [0, 0.1) is 11.3 Å². The normalized spacial score (nSPS) is 11.8. The smallest absolute Gasteiger partial charge is 0.0991 e. The molecule has 114 valence electrons. The number of nitrogens with zero attached hydrogens (tertiary/aromatic N) is 1. The van der Waals surface area contributed by atoms with E-state index in [-0.39, 0.29) is 6.10 Å². The third-order valence-electron chi connectivity index (χ3n) is 3.52. The van der Waals surface area contributed by atoms with E-state index in [0.717, 1.165) is 31.7 Å². The molecule has 0 aliphatic rings. The summed E-state index contributed by atoms with van der Waals surface area (Å²) in [5, 5.41) is 12.2. The van der Waals surface area contributed by atoms with E-state index in [1.807, 2.05) is 42.5 Å². The molecule has 0 amide bonds. The van der Waals surface area contributed by atoms with Crippen molar-refractivity contribution in [3.8, 4) is 6.07 Å². The summed E-state index contributed by atoms with van der Waals surface area (Å²) in [5.41, 5.74) is 3.06. The number of hydrogen-bond donors (Lipinski definition) is 1. The highest BCUT2D eigenvalue weighted by Gasteiger charge is 2.03. The lowest BCUT2D eigenvalue weighted by Crippen LogP contribution is -2.16. The summed E-state index contributed by atoms with van der Waals surface area (Å²) in [6.45, 7) is 4.50. The molecule has 3 heteroatoms. The van der Waals surface area contributed by atoms with Gasteiger partial charge in [-0.05, 0) is 43.1 Å². The molecule has 0 fully saturated rings. The van der Waals surface area contributed by atoms with Crippen molar-refractivity contribution in [3.05, 3.63) is 71.3 Å². The second-order valence-corrected chi connectivity index (χ2v) is 5.27. The molecule has 2 aromatic rings. The van der Waals surface area contributed by atoms with Gasteiger partial charge < -0.3 is 10.1 Å². The van der Waals surface area contributed by atoms with Crippen molar-refractivity contribution < 1.29 is 4.74 Å². The molecule has 1 unspecified atom stereocenters. The fourth-order valence-electron chi connectivity index (χ4n) is 2.26. The van der Waals surface area contributed by atoms with Crippen molar-refractivity contribution in [1.82, 2.24) is 5.32 Å². The zero-order chi connectivity index (χ0) is 15.6. The van der Waals surface area contributed by atoms with Gasteiger partial charge >= 0.3 is 0 Å². The van der Waals surface area contributed by atoms with Gasteiger partial charge in [0.1, 0.15) is 0 Å². The number of ether oxygens (including phenoxy) is 1. The van der Waals surface area contributed by atoms with Gasteiger partial charge in [-0.3, -0.25) is 0 Å². The van der Waals surface area contributed by atoms with Crippen molar-refractivity contribution in [2.45, 2.75) is 26.0 Å². The van der Waals surface area contributed by atoms with Crippen molar-refractivity contribution in [3.63, 3.8) is 0 Å². The van der Waals surface area contributed by atoms with Crippen LogP contribution in [0.5, 0.6) is 0 Å². The molecule has 2 aromatic carbocycles. The first kappa shape index (κ1) is 16.2. The standard InChI is InChI=1S/C19H22N2O/c1-16(19-9-3-2-4-10-19)22-12-6-11-21-15-18-8-5-7-17(13-18)14-20/h2-5,7-10,13,16,21H,6,11-12,15H2,1H3. The lowest BCUT2D eigenvalue weighted by Gasteiger charge is -2.13. The first-order valence-electron chi connectivity index (χ1n) is 7.66. The number of nitrogens with one attached hydrogen (secondary N) is 1. The van der Waals surface area contributed by atoms with Gasteiger partial charge in [-0.2, -0.15) is 5.26 Å². The Bertz CT molecular complexity index is 604. The predicted octanol–water partition coefficient (Wildman–Crippen LogP) is 3.82. The Morgan fingerprint density at radius 3 is 2.73 bits per heavy atom. The summed E-state index contributed by atoms with van der Waals surface area (Å²) in [7, 11) is 0. The summed E-state index contributed by atoms with van der Waals surface area (Å²) >= 11 is 0. The Kier molecular flexibility index (Phi) is 6.63. The molecule has 22 heavy (non-hydrogen) atoms. The first-order valence-corrected chi connectivity index (χ1v) is 7.66. The molecule has 1 N–H and O–H groups in total. The van der Waals surface area contributed by atoms with Gasteiger partial charge in [-0.25, -0.2) is 0 Å². The number of hydrogen-bond acceptors (Lipinski definition) is 3. The monoisotopic (exact) mass is 294 g/mol. The molecule has 0 bridgehead atoms. The van der Waals surface area contributed by atoms with Gasteiger partial charge in [0.2, 0.25) is 0 Å². The summed E-state index contributed by atoms with van der Waals surface area (Å²) in [4.78, 5) is 0. The van der Waals surface area contributed by atoms with E-state index in [0.29, 0.717) is 5.56 Å². The Labute approximate surface area is 132 Å². The topological polar surface area (TPSA) is 45.0 Å². The molecule has 3 nitrogen and oxygen atoms in total. The van der Waals surface area contributed by atoms with E-state index in [4.69, 9.17) is 10.00 Å². The number of rotatable bonds is 8. The molecule has 0 heterocycles. The molecular weight excluding hydrogens is 272 g/mol. The Balaban J connectivity index is 1.60. The van der Waals surface area contributed by atoms with Gasteiger partial charge in [0, 0.05) is 13.2 Å². The van der Waals surface area contributed by atoms with Crippen LogP contribution < -0.4 is 5.32 Å². The van der Waals surface area contributed by atoms with Gasteiger partial charge in [-0.15, -0.1) is 0 Å². The van der Waals surface area contributed by atoms with Crippen LogP contribution in [-0.4, -0.2) is 13.2 Å². The first-order chi connectivity index (χ1) is 10.8. The van der Waals surface area contributed by atoms with Crippen LogP contribution in [0.3, 0.4) is 0 Å². The van der Waals surface area contributed by atoms with E-state index in [1.165, 1.54) is 5.56 Å². The lowest BCUT2D eigenvalue weighted by molar-refractivity contribution is 0.0640. The van der Waals surface area contributed by atoms with Crippen LogP contribution in [0.25, 0.3) is 0 Å². The minimum Gasteiger partial charge on any atom is -0.374 e. The highest BCUT2D eigenvalue weighted by Crippen LogP contribution is 2.15. The molecule has 0 saturated heterocycles. The molecule has 0 saturated carbocycles. The molecule has 0 spiro atoms. The predicted molar refractivity (Wildman–Crippen MR) is 88.3 cm³/mol. The van der Waals surface area contributed by atoms with E-state index >= 15 is 0 Å². The van der Waals surface area contributed by atoms with Gasteiger partial charge in [-0.1, -0.05) is 42.5 Å². The summed E-state index contributed by atoms with van der Waals surface area (Å²) < 4.78 is 5.83. The average molecular weight is 294 g/mol. The van der Waals surface area contributed by atoms with Crippen LogP contribution >= 0.6 is 0 Å². The Morgan fingerprint density at radius 1 is 1.14 bits per heavy atom. The second kappa shape index (κ2) is 8.99. The van der Waals surface area contributed by atoms with Crippen LogP contribution in [0.2, 0.25) is 0 Å². The molecular formula is C19H22N2O. The molecule has 1 atom stereocenters. The summed E-state index contributed by atoms with van der Waals surface area (Å²) in [5.74, 6) is 0. The molecule has 0 aliphatic carbocycles. The minimum atomic E-state index is 0.133. The lowest BCUT2D eigenvalue weighted by atomic mass is 10.1. The van der Waals surface area contributed by atoms with E-state index in [9.17, 15) is 0 Å². The molecule has 2 rings (SSSR count). The van der Waals surface area contributed by atoms with E-state index < -0.39 is 0 Å². The maximum Gasteiger partial charge on any atom is 0.0991 e. The van der Waals surface area contributed by atoms with Crippen LogP contribution in [0.15, 0.2) is 54.6 Å². The Morgan fingerprint density at radius 2 is 1.95 bits per heavy atom. The molecule has 0 aromatic heterocycles. The average Bonchev–Trinajstić information content (AvgIpc) is 2.58. The van der Waals surface area contributed by atoms with Crippen molar-refractivity contribution in [2.75, 3.05) is 13.2 Å². The zero-order valence-corrected chi connectivity index (χ0v) is 13.0.